The van der Waals surface area contributed by atoms with Crippen molar-refractivity contribution in [2.24, 2.45) is 5.92 Å². The smallest absolute Gasteiger partial charge is 0.352 e. The molecule has 0 aliphatic carbocycles. The van der Waals surface area contributed by atoms with Gasteiger partial charge in [0.15, 0.2) is 0 Å². The Bertz CT molecular complexity index is 693. The van der Waals surface area contributed by atoms with Crippen molar-refractivity contribution in [2.75, 3.05) is 6.54 Å². The normalized spacial score (nSPS) is 30.9. The van der Waals surface area contributed by atoms with Crippen LogP contribution in [0.25, 0.3) is 0 Å². The summed E-state index contributed by atoms with van der Waals surface area (Å²) in [4.78, 5) is 33.6. The minimum Gasteiger partial charge on any atom is -0.477 e. The van der Waals surface area contributed by atoms with Gasteiger partial charge in [-0.05, 0) is 24.0 Å². The Kier molecular flexibility index (Phi) is 2.98. The number of nitrogens with zero attached hydrogens (tertiary/aromatic N) is 3. The molecule has 1 amide bonds. The third kappa shape index (κ3) is 1.74. The van der Waals surface area contributed by atoms with Crippen LogP contribution in [0.5, 0.6) is 0 Å². The van der Waals surface area contributed by atoms with Crippen LogP contribution in [-0.4, -0.2) is 50.5 Å². The van der Waals surface area contributed by atoms with Crippen molar-refractivity contribution in [3.63, 3.8) is 0 Å². The molecule has 1 aromatic rings. The summed E-state index contributed by atoms with van der Waals surface area (Å²) in [6.45, 7) is 0.712. The van der Waals surface area contributed by atoms with Gasteiger partial charge in [-0.25, -0.2) is 14.8 Å². The summed E-state index contributed by atoms with van der Waals surface area (Å²) in [5.41, 5.74) is 0.664. The molecular weight excluding hydrogens is 304 g/mol. The highest BCUT2D eigenvalue weighted by Crippen LogP contribution is 2.47. The van der Waals surface area contributed by atoms with E-state index in [9.17, 15) is 14.7 Å². The minimum absolute atomic E-state index is 0.0421. The van der Waals surface area contributed by atoms with E-state index in [1.807, 2.05) is 0 Å². The van der Waals surface area contributed by atoms with Gasteiger partial charge in [-0.1, -0.05) is 0 Å². The van der Waals surface area contributed by atoms with Gasteiger partial charge >= 0.3 is 5.97 Å². The number of carbonyl (C=O) groups excluding carboxylic acids is 1. The van der Waals surface area contributed by atoms with E-state index in [1.54, 1.807) is 18.5 Å². The zero-order valence-electron chi connectivity index (χ0n) is 11.5. The first-order valence-electron chi connectivity index (χ1n) is 7.07. The number of amides is 1. The largest absolute Gasteiger partial charge is 0.477 e. The second-order valence-electron chi connectivity index (χ2n) is 5.74. The maximum Gasteiger partial charge on any atom is 0.352 e. The predicted octanol–water partition coefficient (Wildman–Crippen LogP) is -0.0113. The van der Waals surface area contributed by atoms with Crippen molar-refractivity contribution in [1.82, 2.24) is 20.2 Å². The number of carboxylic acids is 1. The second-order valence-corrected chi connectivity index (χ2v) is 6.25. The van der Waals surface area contributed by atoms with Crippen LogP contribution in [0.1, 0.15) is 17.5 Å². The highest BCUT2D eigenvalue weighted by Gasteiger charge is 2.60. The van der Waals surface area contributed by atoms with Gasteiger partial charge in [-0.15, -0.1) is 0 Å². The lowest BCUT2D eigenvalue weighted by Crippen LogP contribution is -2.68. The standard InChI is InChI=1S/C14H14N4O3S/c19-13-8-9-6(5-17-8)4-7(10(14(20)21)18(9)13)11(22)12-15-2-1-3-16-12/h1-3,6,8-9,11,17,22H,4-5H2,(H,20,21)/t6-,8+,9-,11?/m1/s1. The van der Waals surface area contributed by atoms with Crippen LogP contribution in [0, 0.1) is 5.92 Å². The van der Waals surface area contributed by atoms with Crippen LogP contribution in [0.4, 0.5) is 0 Å². The summed E-state index contributed by atoms with van der Waals surface area (Å²) in [6, 6.07) is 1.42. The minimum atomic E-state index is -1.10. The van der Waals surface area contributed by atoms with Crippen molar-refractivity contribution in [3.8, 4) is 0 Å². The van der Waals surface area contributed by atoms with Gasteiger partial charge in [-0.3, -0.25) is 9.69 Å². The Morgan fingerprint density at radius 3 is 2.86 bits per heavy atom. The molecule has 1 unspecified atom stereocenters. The number of β-lactam (4-membered cyclic amide) rings is 1. The molecule has 4 atom stereocenters. The molecule has 3 aliphatic heterocycles. The first kappa shape index (κ1) is 13.7. The number of nitrogens with one attached hydrogen (secondary N) is 1. The number of hydrogen-bond donors (Lipinski definition) is 3. The Labute approximate surface area is 131 Å². The van der Waals surface area contributed by atoms with E-state index in [0.717, 1.165) is 0 Å². The number of hydrogen-bond acceptors (Lipinski definition) is 6. The van der Waals surface area contributed by atoms with E-state index in [2.05, 4.69) is 27.9 Å². The fourth-order valence-corrected chi connectivity index (χ4v) is 4.04. The van der Waals surface area contributed by atoms with E-state index in [1.165, 1.54) is 4.90 Å². The number of aromatic nitrogens is 2. The molecule has 0 aromatic carbocycles. The van der Waals surface area contributed by atoms with Gasteiger partial charge in [-0.2, -0.15) is 12.6 Å². The molecule has 4 heterocycles. The molecule has 2 N–H and O–H groups in total. The van der Waals surface area contributed by atoms with Crippen LogP contribution in [-0.2, 0) is 9.59 Å². The molecule has 7 nitrogen and oxygen atoms in total. The fraction of sp³-hybridized carbons (Fsp3) is 0.429. The lowest BCUT2D eigenvalue weighted by Gasteiger charge is -2.49. The van der Waals surface area contributed by atoms with Gasteiger partial charge < -0.3 is 10.4 Å². The molecule has 3 aliphatic rings. The van der Waals surface area contributed by atoms with Crippen LogP contribution in [0.2, 0.25) is 0 Å². The lowest BCUT2D eigenvalue weighted by atomic mass is 9.78. The molecule has 0 spiro atoms. The SMILES string of the molecule is O=C(O)C1=C(C(S)c2ncccn2)C[C@@H]2CN[C@@H]3C(=O)N1[C@H]23. The molecular formula is C14H14N4O3S. The first-order valence-corrected chi connectivity index (χ1v) is 7.59. The summed E-state index contributed by atoms with van der Waals surface area (Å²) < 4.78 is 0. The quantitative estimate of drug-likeness (QED) is 0.536. The molecule has 4 rings (SSSR count). The molecule has 22 heavy (non-hydrogen) atoms. The van der Waals surface area contributed by atoms with E-state index in [4.69, 9.17) is 0 Å². The average Bonchev–Trinajstić information content (AvgIpc) is 2.94. The molecule has 0 saturated carbocycles. The fourth-order valence-electron chi connectivity index (χ4n) is 3.68. The highest BCUT2D eigenvalue weighted by molar-refractivity contribution is 7.80. The van der Waals surface area contributed by atoms with Gasteiger partial charge in [0, 0.05) is 18.9 Å². The number of carbonyl (C=O) groups is 2. The number of aliphatic carboxylic acids is 1. The maximum absolute atomic E-state index is 12.2. The average molecular weight is 318 g/mol. The monoisotopic (exact) mass is 318 g/mol. The summed E-state index contributed by atoms with van der Waals surface area (Å²) >= 11 is 4.53. The van der Waals surface area contributed by atoms with Crippen molar-refractivity contribution in [3.05, 3.63) is 35.6 Å². The van der Waals surface area contributed by atoms with Crippen molar-refractivity contribution in [2.45, 2.75) is 23.8 Å². The van der Waals surface area contributed by atoms with Crippen molar-refractivity contribution >= 4 is 24.5 Å². The van der Waals surface area contributed by atoms with Gasteiger partial charge in [0.1, 0.15) is 17.6 Å². The Hall–Kier alpha value is -1.93. The van der Waals surface area contributed by atoms with Crippen molar-refractivity contribution in [1.29, 1.82) is 0 Å². The van der Waals surface area contributed by atoms with E-state index < -0.39 is 11.2 Å². The number of rotatable bonds is 3. The molecule has 1 aromatic heterocycles. The molecule has 2 fully saturated rings. The summed E-state index contributed by atoms with van der Waals surface area (Å²) in [7, 11) is 0. The van der Waals surface area contributed by atoms with Gasteiger partial charge in [0.2, 0.25) is 5.91 Å². The van der Waals surface area contributed by atoms with Gasteiger partial charge in [0.25, 0.3) is 0 Å². The van der Waals surface area contributed by atoms with Crippen LogP contribution in [0.15, 0.2) is 29.7 Å². The predicted molar refractivity (Wildman–Crippen MR) is 79.0 cm³/mol. The molecule has 0 radical (unpaired) electrons. The molecule has 2 saturated heterocycles. The maximum atomic E-state index is 12.2. The third-order valence-corrected chi connectivity index (χ3v) is 5.16. The van der Waals surface area contributed by atoms with Crippen LogP contribution >= 0.6 is 12.6 Å². The summed E-state index contributed by atoms with van der Waals surface area (Å²) in [5, 5.41) is 12.2. The zero-order chi connectivity index (χ0) is 15.4. The van der Waals surface area contributed by atoms with E-state index in [-0.39, 0.29) is 29.6 Å². The first-order chi connectivity index (χ1) is 10.6. The Balaban J connectivity index is 1.79. The summed E-state index contributed by atoms with van der Waals surface area (Å²) in [6.07, 6.45) is 3.78. The Morgan fingerprint density at radius 1 is 1.45 bits per heavy atom. The molecule has 8 heteroatoms. The van der Waals surface area contributed by atoms with Crippen molar-refractivity contribution < 1.29 is 14.7 Å². The molecule has 0 bridgehead atoms. The Morgan fingerprint density at radius 2 is 2.18 bits per heavy atom. The van der Waals surface area contributed by atoms with Crippen LogP contribution in [0.3, 0.4) is 0 Å². The number of carboxylic acid groups (broad SMARTS) is 1. The topological polar surface area (TPSA) is 95.4 Å². The van der Waals surface area contributed by atoms with Gasteiger partial charge in [0.05, 0.1) is 11.3 Å². The van der Waals surface area contributed by atoms with E-state index >= 15 is 0 Å². The van der Waals surface area contributed by atoms with E-state index in [0.29, 0.717) is 24.4 Å². The second kappa shape index (κ2) is 4.79. The lowest BCUT2D eigenvalue weighted by molar-refractivity contribution is -0.153. The molecule has 114 valence electrons. The zero-order valence-corrected chi connectivity index (χ0v) is 12.4. The summed E-state index contributed by atoms with van der Waals surface area (Å²) in [5.74, 6) is -0.591. The highest BCUT2D eigenvalue weighted by atomic mass is 32.1. The number of thiol groups is 1. The third-order valence-electron chi connectivity index (χ3n) is 4.62. The van der Waals surface area contributed by atoms with Crippen LogP contribution < -0.4 is 5.32 Å².